The second-order valence-corrected chi connectivity index (χ2v) is 4.41. The second-order valence-electron chi connectivity index (χ2n) is 4.41. The SMILES string of the molecule is N#CC1(c2ccccc2)CC[n+]2ccccc21.[Cl-]. The summed E-state index contributed by atoms with van der Waals surface area (Å²) in [6, 6.07) is 18.7. The third kappa shape index (κ3) is 1.68. The Morgan fingerprint density at radius 2 is 1.78 bits per heavy atom. The van der Waals surface area contributed by atoms with Crippen molar-refractivity contribution in [2.75, 3.05) is 0 Å². The second kappa shape index (κ2) is 4.80. The molecule has 0 bridgehead atoms. The van der Waals surface area contributed by atoms with Gasteiger partial charge in [-0.3, -0.25) is 0 Å². The van der Waals surface area contributed by atoms with Gasteiger partial charge >= 0.3 is 0 Å². The van der Waals surface area contributed by atoms with E-state index in [1.54, 1.807) is 0 Å². The molecule has 18 heavy (non-hydrogen) atoms. The fourth-order valence-corrected chi connectivity index (χ4v) is 2.67. The van der Waals surface area contributed by atoms with Gasteiger partial charge in [-0.2, -0.15) is 5.26 Å². The van der Waals surface area contributed by atoms with E-state index in [2.05, 4.69) is 22.9 Å². The summed E-state index contributed by atoms with van der Waals surface area (Å²) in [4.78, 5) is 0. The smallest absolute Gasteiger partial charge is 0.206 e. The predicted octanol–water partition coefficient (Wildman–Crippen LogP) is -0.809. The minimum atomic E-state index is -0.470. The van der Waals surface area contributed by atoms with E-state index in [0.29, 0.717) is 0 Å². The van der Waals surface area contributed by atoms with E-state index < -0.39 is 5.41 Å². The van der Waals surface area contributed by atoms with Gasteiger partial charge in [-0.1, -0.05) is 36.4 Å². The van der Waals surface area contributed by atoms with Gasteiger partial charge < -0.3 is 12.4 Å². The molecule has 0 amide bonds. The fraction of sp³-hybridized carbons (Fsp3) is 0.200. The maximum Gasteiger partial charge on any atom is 0.206 e. The van der Waals surface area contributed by atoms with Crippen LogP contribution in [0.25, 0.3) is 0 Å². The molecule has 1 unspecified atom stereocenters. The van der Waals surface area contributed by atoms with E-state index in [9.17, 15) is 5.26 Å². The van der Waals surface area contributed by atoms with Crippen molar-refractivity contribution in [1.29, 1.82) is 5.26 Å². The summed E-state index contributed by atoms with van der Waals surface area (Å²) < 4.78 is 2.18. The van der Waals surface area contributed by atoms with E-state index in [0.717, 1.165) is 24.2 Å². The van der Waals surface area contributed by atoms with Gasteiger partial charge in [0.15, 0.2) is 18.2 Å². The van der Waals surface area contributed by atoms with Crippen molar-refractivity contribution in [3.8, 4) is 6.07 Å². The highest BCUT2D eigenvalue weighted by Crippen LogP contribution is 2.36. The van der Waals surface area contributed by atoms with E-state index in [4.69, 9.17) is 0 Å². The number of aryl methyl sites for hydroxylation is 1. The summed E-state index contributed by atoms with van der Waals surface area (Å²) >= 11 is 0. The Morgan fingerprint density at radius 3 is 2.50 bits per heavy atom. The largest absolute Gasteiger partial charge is 1.00 e. The molecule has 0 radical (unpaired) electrons. The van der Waals surface area contributed by atoms with Gasteiger partial charge in [0.1, 0.15) is 0 Å². The molecule has 1 aromatic heterocycles. The molecule has 3 heteroatoms. The van der Waals surface area contributed by atoms with Gasteiger partial charge in [0.05, 0.1) is 6.07 Å². The highest BCUT2D eigenvalue weighted by Gasteiger charge is 2.47. The molecule has 1 aliphatic rings. The zero-order chi connectivity index (χ0) is 11.7. The molecule has 2 nitrogen and oxygen atoms in total. The molecule has 1 aliphatic heterocycles. The topological polar surface area (TPSA) is 27.7 Å². The maximum atomic E-state index is 9.65. The highest BCUT2D eigenvalue weighted by molar-refractivity contribution is 5.41. The number of rotatable bonds is 1. The number of hydrogen-bond acceptors (Lipinski definition) is 1. The van der Waals surface area contributed by atoms with Gasteiger partial charge in [-0.05, 0) is 5.56 Å². The molecule has 0 spiro atoms. The number of fused-ring (bicyclic) bond motifs is 1. The molecule has 1 atom stereocenters. The standard InChI is InChI=1S/C15H13N2.ClH/c16-12-15(13-6-2-1-3-7-13)9-11-17-10-5-4-8-14(15)17;/h1-8,10H,9,11H2;1H/q+1;/p-1. The number of pyridine rings is 1. The Kier molecular flexibility index (Phi) is 3.36. The quantitative estimate of drug-likeness (QED) is 0.614. The van der Waals surface area contributed by atoms with Crippen molar-refractivity contribution in [3.05, 3.63) is 66.0 Å². The lowest BCUT2D eigenvalue weighted by molar-refractivity contribution is -0.691. The first-order chi connectivity index (χ1) is 8.37. The lowest BCUT2D eigenvalue weighted by Gasteiger charge is -2.16. The molecule has 0 aliphatic carbocycles. The third-order valence-corrected chi connectivity index (χ3v) is 3.56. The van der Waals surface area contributed by atoms with E-state index in [1.807, 2.05) is 42.5 Å². The molecule has 90 valence electrons. The fourth-order valence-electron chi connectivity index (χ4n) is 2.67. The van der Waals surface area contributed by atoms with Crippen molar-refractivity contribution < 1.29 is 17.0 Å². The first-order valence-electron chi connectivity index (χ1n) is 5.82. The van der Waals surface area contributed by atoms with Gasteiger partial charge in [-0.25, -0.2) is 4.57 Å². The predicted molar refractivity (Wildman–Crippen MR) is 64.1 cm³/mol. The Balaban J connectivity index is 0.00000120. The Labute approximate surface area is 113 Å². The van der Waals surface area contributed by atoms with Crippen LogP contribution >= 0.6 is 0 Å². The molecule has 0 fully saturated rings. The van der Waals surface area contributed by atoms with Gasteiger partial charge in [0.25, 0.3) is 0 Å². The van der Waals surface area contributed by atoms with Gasteiger partial charge in [0.2, 0.25) is 5.69 Å². The first kappa shape index (κ1) is 12.6. The lowest BCUT2D eigenvalue weighted by atomic mass is 9.78. The van der Waals surface area contributed by atoms with Crippen molar-refractivity contribution >= 4 is 0 Å². The van der Waals surface area contributed by atoms with Crippen LogP contribution in [0, 0.1) is 11.3 Å². The number of nitrogens with zero attached hydrogens (tertiary/aromatic N) is 2. The van der Waals surface area contributed by atoms with Crippen molar-refractivity contribution in [1.82, 2.24) is 0 Å². The summed E-state index contributed by atoms with van der Waals surface area (Å²) in [6.07, 6.45) is 2.91. The van der Waals surface area contributed by atoms with Crippen LogP contribution in [0.3, 0.4) is 0 Å². The van der Waals surface area contributed by atoms with Crippen LogP contribution in [-0.4, -0.2) is 0 Å². The Bertz CT molecular complexity index is 589. The maximum absolute atomic E-state index is 9.65. The van der Waals surface area contributed by atoms with Crippen LogP contribution in [0.15, 0.2) is 54.7 Å². The highest BCUT2D eigenvalue weighted by atomic mass is 35.5. The number of hydrogen-bond donors (Lipinski definition) is 0. The summed E-state index contributed by atoms with van der Waals surface area (Å²) in [7, 11) is 0. The minimum absolute atomic E-state index is 0. The van der Waals surface area contributed by atoms with Crippen molar-refractivity contribution in [2.45, 2.75) is 18.4 Å². The zero-order valence-corrected chi connectivity index (χ0v) is 10.6. The number of nitriles is 1. The molecule has 1 aromatic carbocycles. The third-order valence-electron chi connectivity index (χ3n) is 3.56. The van der Waals surface area contributed by atoms with Gasteiger partial charge in [-0.15, -0.1) is 0 Å². The molecular formula is C15H13ClN2. The zero-order valence-electron chi connectivity index (χ0n) is 9.88. The molecular weight excluding hydrogens is 244 g/mol. The Hall–Kier alpha value is -1.85. The van der Waals surface area contributed by atoms with Crippen LogP contribution in [-0.2, 0) is 12.0 Å². The normalized spacial score (nSPS) is 20.6. The monoisotopic (exact) mass is 256 g/mol. The van der Waals surface area contributed by atoms with Crippen LogP contribution in [0.5, 0.6) is 0 Å². The molecule has 3 rings (SSSR count). The van der Waals surface area contributed by atoms with Gasteiger partial charge in [0, 0.05) is 18.6 Å². The van der Waals surface area contributed by atoms with Crippen LogP contribution < -0.4 is 17.0 Å². The summed E-state index contributed by atoms with van der Waals surface area (Å²) in [5.41, 5.74) is 1.73. The van der Waals surface area contributed by atoms with Crippen LogP contribution in [0.1, 0.15) is 17.7 Å². The van der Waals surface area contributed by atoms with Crippen LogP contribution in [0.2, 0.25) is 0 Å². The molecule has 0 N–H and O–H groups in total. The average Bonchev–Trinajstić information content (AvgIpc) is 2.80. The van der Waals surface area contributed by atoms with E-state index >= 15 is 0 Å². The van der Waals surface area contributed by atoms with E-state index in [-0.39, 0.29) is 12.4 Å². The average molecular weight is 257 g/mol. The number of halogens is 1. The summed E-state index contributed by atoms with van der Waals surface area (Å²) in [5, 5.41) is 9.65. The number of benzene rings is 1. The molecule has 0 saturated heterocycles. The van der Waals surface area contributed by atoms with Crippen LogP contribution in [0.4, 0.5) is 0 Å². The van der Waals surface area contributed by atoms with Crippen molar-refractivity contribution in [3.63, 3.8) is 0 Å². The number of aromatic nitrogens is 1. The molecule has 2 heterocycles. The van der Waals surface area contributed by atoms with E-state index in [1.165, 1.54) is 0 Å². The summed E-state index contributed by atoms with van der Waals surface area (Å²) in [5.74, 6) is 0. The lowest BCUT2D eigenvalue weighted by Crippen LogP contribution is -3.00. The first-order valence-corrected chi connectivity index (χ1v) is 5.82. The molecule has 2 aromatic rings. The Morgan fingerprint density at radius 1 is 1.06 bits per heavy atom. The molecule has 0 saturated carbocycles. The van der Waals surface area contributed by atoms with Crippen molar-refractivity contribution in [2.24, 2.45) is 0 Å². The minimum Gasteiger partial charge on any atom is -1.00 e. The summed E-state index contributed by atoms with van der Waals surface area (Å²) in [6.45, 7) is 0.915.